The van der Waals surface area contributed by atoms with Gasteiger partial charge >= 0.3 is 0 Å². The van der Waals surface area contributed by atoms with E-state index in [4.69, 9.17) is 4.74 Å². The van der Waals surface area contributed by atoms with Crippen molar-refractivity contribution in [1.82, 2.24) is 4.90 Å². The van der Waals surface area contributed by atoms with Gasteiger partial charge in [-0.05, 0) is 38.5 Å². The van der Waals surface area contributed by atoms with E-state index in [1.165, 1.54) is 0 Å². The summed E-state index contributed by atoms with van der Waals surface area (Å²) in [5.74, 6) is 0.772. The second kappa shape index (κ2) is 5.61. The molecule has 3 aliphatic rings. The summed E-state index contributed by atoms with van der Waals surface area (Å²) in [7, 11) is 0. The lowest BCUT2D eigenvalue weighted by Gasteiger charge is -2.33. The summed E-state index contributed by atoms with van der Waals surface area (Å²) in [6.45, 7) is 2.19. The van der Waals surface area contributed by atoms with Crippen molar-refractivity contribution in [3.63, 3.8) is 0 Å². The SMILES string of the molecule is O=C1CCCC1C1CCCN1C(=O)C1CCCOC1. The van der Waals surface area contributed by atoms with E-state index in [2.05, 4.69) is 0 Å². The topological polar surface area (TPSA) is 46.6 Å². The number of carbonyl (C=O) groups excluding carboxylic acids is 2. The fraction of sp³-hybridized carbons (Fsp3) is 0.867. The van der Waals surface area contributed by atoms with Crippen LogP contribution in [0.3, 0.4) is 0 Å². The molecule has 3 atom stereocenters. The Hall–Kier alpha value is -0.900. The molecule has 19 heavy (non-hydrogen) atoms. The molecule has 0 bridgehead atoms. The van der Waals surface area contributed by atoms with Crippen LogP contribution < -0.4 is 0 Å². The summed E-state index contributed by atoms with van der Waals surface area (Å²) in [6.07, 6.45) is 6.69. The van der Waals surface area contributed by atoms with E-state index in [0.29, 0.717) is 12.4 Å². The molecular formula is C15H23NO3. The highest BCUT2D eigenvalue weighted by Gasteiger charge is 2.41. The normalized spacial score (nSPS) is 35.9. The van der Waals surface area contributed by atoms with E-state index < -0.39 is 0 Å². The fourth-order valence-corrected chi connectivity index (χ4v) is 3.90. The van der Waals surface area contributed by atoms with Gasteiger partial charge in [0, 0.05) is 31.5 Å². The number of carbonyl (C=O) groups is 2. The van der Waals surface area contributed by atoms with E-state index in [1.807, 2.05) is 4.90 Å². The molecular weight excluding hydrogens is 242 g/mol. The van der Waals surface area contributed by atoms with Crippen LogP contribution in [0.15, 0.2) is 0 Å². The van der Waals surface area contributed by atoms with E-state index in [1.54, 1.807) is 0 Å². The molecule has 0 spiro atoms. The van der Waals surface area contributed by atoms with E-state index in [0.717, 1.165) is 58.1 Å². The van der Waals surface area contributed by atoms with Crippen molar-refractivity contribution in [1.29, 1.82) is 0 Å². The Bertz CT molecular complexity index is 362. The summed E-state index contributed by atoms with van der Waals surface area (Å²) in [5, 5.41) is 0. The maximum atomic E-state index is 12.6. The lowest BCUT2D eigenvalue weighted by atomic mass is 9.93. The van der Waals surface area contributed by atoms with Crippen molar-refractivity contribution >= 4 is 11.7 Å². The standard InChI is InChI=1S/C15H23NO3/c17-14-7-1-5-12(14)13-6-2-8-16(13)15(18)11-4-3-9-19-10-11/h11-13H,1-10H2. The molecule has 1 amide bonds. The van der Waals surface area contributed by atoms with Crippen molar-refractivity contribution in [2.45, 2.75) is 51.0 Å². The number of amides is 1. The number of ketones is 1. The Morgan fingerprint density at radius 1 is 1.16 bits per heavy atom. The number of ether oxygens (including phenoxy) is 1. The van der Waals surface area contributed by atoms with Gasteiger partial charge in [0.2, 0.25) is 5.91 Å². The number of hydrogen-bond donors (Lipinski definition) is 0. The first-order valence-electron chi connectivity index (χ1n) is 7.68. The first kappa shape index (κ1) is 13.1. The van der Waals surface area contributed by atoms with E-state index >= 15 is 0 Å². The zero-order chi connectivity index (χ0) is 13.2. The second-order valence-electron chi connectivity index (χ2n) is 6.12. The molecule has 4 nitrogen and oxygen atoms in total. The second-order valence-corrected chi connectivity index (χ2v) is 6.12. The summed E-state index contributed by atoms with van der Waals surface area (Å²) in [4.78, 5) is 26.6. The van der Waals surface area contributed by atoms with Gasteiger partial charge in [-0.2, -0.15) is 0 Å². The van der Waals surface area contributed by atoms with Crippen LogP contribution >= 0.6 is 0 Å². The highest BCUT2D eigenvalue weighted by Crippen LogP contribution is 2.34. The van der Waals surface area contributed by atoms with Crippen molar-refractivity contribution in [3.8, 4) is 0 Å². The third-order valence-corrected chi connectivity index (χ3v) is 4.91. The number of Topliss-reactive ketones (excluding diaryl/α,β-unsaturated/α-hetero) is 1. The Morgan fingerprint density at radius 2 is 2.05 bits per heavy atom. The quantitative estimate of drug-likeness (QED) is 0.764. The van der Waals surface area contributed by atoms with Gasteiger partial charge in [-0.3, -0.25) is 9.59 Å². The molecule has 0 radical (unpaired) electrons. The largest absolute Gasteiger partial charge is 0.381 e. The maximum Gasteiger partial charge on any atom is 0.228 e. The zero-order valence-corrected chi connectivity index (χ0v) is 11.5. The van der Waals surface area contributed by atoms with Gasteiger partial charge in [0.15, 0.2) is 0 Å². The lowest BCUT2D eigenvalue weighted by molar-refractivity contribution is -0.142. The summed E-state index contributed by atoms with van der Waals surface area (Å²) in [5.41, 5.74) is 0. The molecule has 0 aromatic heterocycles. The molecule has 1 aliphatic carbocycles. The first-order chi connectivity index (χ1) is 9.27. The average molecular weight is 265 g/mol. The molecule has 0 aromatic carbocycles. The van der Waals surface area contributed by atoms with Gasteiger partial charge in [-0.1, -0.05) is 0 Å². The van der Waals surface area contributed by atoms with Gasteiger partial charge in [0.25, 0.3) is 0 Å². The molecule has 3 rings (SSSR count). The van der Waals surface area contributed by atoms with Gasteiger partial charge < -0.3 is 9.64 Å². The predicted molar refractivity (Wildman–Crippen MR) is 70.6 cm³/mol. The average Bonchev–Trinajstić information content (AvgIpc) is 3.07. The molecule has 4 heteroatoms. The molecule has 2 heterocycles. The van der Waals surface area contributed by atoms with Crippen molar-refractivity contribution < 1.29 is 14.3 Å². The minimum atomic E-state index is 0.0332. The predicted octanol–water partition coefficient (Wildman–Crippen LogP) is 1.77. The maximum absolute atomic E-state index is 12.6. The molecule has 0 N–H and O–H groups in total. The van der Waals surface area contributed by atoms with Crippen LogP contribution in [0.25, 0.3) is 0 Å². The third kappa shape index (κ3) is 2.55. The minimum absolute atomic E-state index is 0.0332. The Kier molecular flexibility index (Phi) is 3.87. The number of hydrogen-bond acceptors (Lipinski definition) is 3. The van der Waals surface area contributed by atoms with Crippen LogP contribution in [0.1, 0.15) is 44.9 Å². The lowest BCUT2D eigenvalue weighted by Crippen LogP contribution is -2.45. The molecule has 3 fully saturated rings. The van der Waals surface area contributed by atoms with Crippen molar-refractivity contribution in [2.75, 3.05) is 19.8 Å². The van der Waals surface area contributed by atoms with Gasteiger partial charge in [0.05, 0.1) is 12.5 Å². The molecule has 3 unspecified atom stereocenters. The van der Waals surface area contributed by atoms with Crippen molar-refractivity contribution in [3.05, 3.63) is 0 Å². The molecule has 2 saturated heterocycles. The smallest absolute Gasteiger partial charge is 0.228 e. The third-order valence-electron chi connectivity index (χ3n) is 4.91. The Labute approximate surface area is 114 Å². The first-order valence-corrected chi connectivity index (χ1v) is 7.68. The van der Waals surface area contributed by atoms with Gasteiger partial charge in [-0.15, -0.1) is 0 Å². The van der Waals surface area contributed by atoms with Crippen LogP contribution in [0.4, 0.5) is 0 Å². The molecule has 2 aliphatic heterocycles. The monoisotopic (exact) mass is 265 g/mol. The van der Waals surface area contributed by atoms with Crippen LogP contribution in [0, 0.1) is 11.8 Å². The summed E-state index contributed by atoms with van der Waals surface area (Å²) >= 11 is 0. The summed E-state index contributed by atoms with van der Waals surface area (Å²) in [6, 6.07) is 0.185. The van der Waals surface area contributed by atoms with Crippen LogP contribution in [0.5, 0.6) is 0 Å². The van der Waals surface area contributed by atoms with E-state index in [9.17, 15) is 9.59 Å². The molecule has 1 saturated carbocycles. The van der Waals surface area contributed by atoms with Gasteiger partial charge in [0.1, 0.15) is 5.78 Å². The Balaban J connectivity index is 1.68. The fourth-order valence-electron chi connectivity index (χ4n) is 3.90. The number of likely N-dealkylation sites (tertiary alicyclic amines) is 1. The highest BCUT2D eigenvalue weighted by molar-refractivity contribution is 5.85. The minimum Gasteiger partial charge on any atom is -0.381 e. The molecule has 0 aromatic rings. The summed E-state index contributed by atoms with van der Waals surface area (Å²) < 4.78 is 5.43. The number of rotatable bonds is 2. The highest BCUT2D eigenvalue weighted by atomic mass is 16.5. The van der Waals surface area contributed by atoms with Crippen LogP contribution in [0.2, 0.25) is 0 Å². The number of nitrogens with zero attached hydrogens (tertiary/aromatic N) is 1. The van der Waals surface area contributed by atoms with E-state index in [-0.39, 0.29) is 23.8 Å². The molecule has 106 valence electrons. The van der Waals surface area contributed by atoms with Crippen molar-refractivity contribution in [2.24, 2.45) is 11.8 Å². The zero-order valence-electron chi connectivity index (χ0n) is 11.5. The van der Waals surface area contributed by atoms with Crippen LogP contribution in [-0.2, 0) is 14.3 Å². The van der Waals surface area contributed by atoms with Gasteiger partial charge in [-0.25, -0.2) is 0 Å². The Morgan fingerprint density at radius 3 is 2.74 bits per heavy atom. The van der Waals surface area contributed by atoms with Crippen LogP contribution in [-0.4, -0.2) is 42.4 Å².